The summed E-state index contributed by atoms with van der Waals surface area (Å²) in [6.07, 6.45) is 0. The number of hydrogen-bond acceptors (Lipinski definition) is 3. The van der Waals surface area contributed by atoms with Crippen LogP contribution < -0.4 is 20.1 Å². The van der Waals surface area contributed by atoms with Crippen molar-refractivity contribution in [2.45, 2.75) is 13.0 Å². The summed E-state index contributed by atoms with van der Waals surface area (Å²) in [5.74, 6) is 1.46. The van der Waals surface area contributed by atoms with Gasteiger partial charge in [-0.2, -0.15) is 0 Å². The maximum atomic E-state index is 11.2. The number of hydrogen-bond donors (Lipinski definition) is 2. The van der Waals surface area contributed by atoms with Gasteiger partial charge in [-0.1, -0.05) is 0 Å². The summed E-state index contributed by atoms with van der Waals surface area (Å²) in [4.78, 5) is 11.2. The first-order chi connectivity index (χ1) is 8.15. The number of methoxy groups -OCH3 is 2. The van der Waals surface area contributed by atoms with Crippen LogP contribution in [0.1, 0.15) is 17.2 Å². The van der Waals surface area contributed by atoms with Crippen LogP contribution in [0.15, 0.2) is 12.1 Å². The van der Waals surface area contributed by atoms with E-state index in [1.54, 1.807) is 14.2 Å². The second kappa shape index (κ2) is 4.53. The van der Waals surface area contributed by atoms with Gasteiger partial charge in [-0.25, -0.2) is 4.79 Å². The molecule has 17 heavy (non-hydrogen) atoms. The molecule has 0 radical (unpaired) electrons. The molecule has 1 atom stereocenters. The lowest BCUT2D eigenvalue weighted by Gasteiger charge is -2.18. The van der Waals surface area contributed by atoms with Crippen molar-refractivity contribution in [3.63, 3.8) is 0 Å². The van der Waals surface area contributed by atoms with Crippen LogP contribution in [0.4, 0.5) is 4.79 Å². The van der Waals surface area contributed by atoms with Crippen molar-refractivity contribution in [1.29, 1.82) is 0 Å². The molecule has 2 amide bonds. The van der Waals surface area contributed by atoms with Gasteiger partial charge in [0.2, 0.25) is 0 Å². The Bertz CT molecular complexity index is 420. The number of nitrogens with one attached hydrogen (secondary N) is 2. The summed E-state index contributed by atoms with van der Waals surface area (Å²) in [7, 11) is 3.23. The maximum absolute atomic E-state index is 11.2. The highest BCUT2D eigenvalue weighted by molar-refractivity contribution is 5.77. The number of amides is 2. The van der Waals surface area contributed by atoms with E-state index < -0.39 is 0 Å². The average Bonchev–Trinajstić information content (AvgIpc) is 2.74. The van der Waals surface area contributed by atoms with Gasteiger partial charge in [-0.15, -0.1) is 0 Å². The van der Waals surface area contributed by atoms with Gasteiger partial charge in [0.1, 0.15) is 11.5 Å². The largest absolute Gasteiger partial charge is 0.496 e. The van der Waals surface area contributed by atoms with Gasteiger partial charge < -0.3 is 20.1 Å². The lowest BCUT2D eigenvalue weighted by Crippen LogP contribution is -2.22. The van der Waals surface area contributed by atoms with E-state index in [4.69, 9.17) is 9.47 Å². The number of benzene rings is 1. The molecule has 1 aromatic carbocycles. The predicted octanol–water partition coefficient (Wildman–Crippen LogP) is 1.37. The van der Waals surface area contributed by atoms with Crippen LogP contribution in [0, 0.1) is 6.92 Å². The normalized spacial score (nSPS) is 18.5. The zero-order valence-corrected chi connectivity index (χ0v) is 10.2. The lowest BCUT2D eigenvalue weighted by atomic mass is 10.0. The number of aryl methyl sites for hydroxylation is 1. The van der Waals surface area contributed by atoms with Crippen LogP contribution in [0.2, 0.25) is 0 Å². The van der Waals surface area contributed by atoms with Crippen LogP contribution in [0.3, 0.4) is 0 Å². The fraction of sp³-hybridized carbons (Fsp3) is 0.417. The number of carbonyl (C=O) groups excluding carboxylic acids is 1. The van der Waals surface area contributed by atoms with Crippen LogP contribution in [0.25, 0.3) is 0 Å². The first-order valence-corrected chi connectivity index (χ1v) is 5.42. The third-order valence-corrected chi connectivity index (χ3v) is 2.81. The van der Waals surface area contributed by atoms with Gasteiger partial charge in [0.15, 0.2) is 0 Å². The van der Waals surface area contributed by atoms with Crippen LogP contribution in [-0.2, 0) is 0 Å². The fourth-order valence-electron chi connectivity index (χ4n) is 2.04. The molecule has 1 aromatic rings. The molecule has 1 heterocycles. The Morgan fingerprint density at radius 1 is 1.24 bits per heavy atom. The molecule has 0 aliphatic carbocycles. The monoisotopic (exact) mass is 236 g/mol. The van der Waals surface area contributed by atoms with Crippen molar-refractivity contribution < 1.29 is 14.3 Å². The minimum Gasteiger partial charge on any atom is -0.496 e. The summed E-state index contributed by atoms with van der Waals surface area (Å²) in [5, 5.41) is 5.55. The minimum atomic E-state index is -0.167. The summed E-state index contributed by atoms with van der Waals surface area (Å²) in [6.45, 7) is 2.51. The number of carbonyl (C=O) groups is 1. The van der Waals surface area contributed by atoms with Crippen molar-refractivity contribution in [3.05, 3.63) is 23.3 Å². The van der Waals surface area contributed by atoms with Gasteiger partial charge in [0.25, 0.3) is 0 Å². The molecule has 0 spiro atoms. The average molecular weight is 236 g/mol. The zero-order chi connectivity index (χ0) is 12.4. The highest BCUT2D eigenvalue weighted by Crippen LogP contribution is 2.36. The molecule has 1 aliphatic heterocycles. The standard InChI is InChI=1S/C12H16N2O3/c1-7-4-9(16-2)11(10(5-7)17-3)8-6-13-12(15)14-8/h4-5,8H,6H2,1-3H3,(H2,13,14,15)/t8-/m0/s1. The van der Waals surface area contributed by atoms with E-state index in [9.17, 15) is 4.79 Å². The molecule has 1 aliphatic rings. The topological polar surface area (TPSA) is 59.6 Å². The SMILES string of the molecule is COc1cc(C)cc(OC)c1[C@@H]1CNC(=O)N1. The summed E-state index contributed by atoms with van der Waals surface area (Å²) in [5.41, 5.74) is 1.93. The molecule has 5 nitrogen and oxygen atoms in total. The Morgan fingerprint density at radius 2 is 1.82 bits per heavy atom. The van der Waals surface area contributed by atoms with Crippen LogP contribution in [-0.4, -0.2) is 26.8 Å². The fourth-order valence-corrected chi connectivity index (χ4v) is 2.04. The van der Waals surface area contributed by atoms with E-state index >= 15 is 0 Å². The Balaban J connectivity index is 2.46. The summed E-state index contributed by atoms with van der Waals surface area (Å²) < 4.78 is 10.7. The predicted molar refractivity (Wildman–Crippen MR) is 63.6 cm³/mol. The van der Waals surface area contributed by atoms with Crippen molar-refractivity contribution >= 4 is 6.03 Å². The van der Waals surface area contributed by atoms with Gasteiger partial charge in [-0.3, -0.25) is 0 Å². The van der Waals surface area contributed by atoms with Crippen molar-refractivity contribution in [3.8, 4) is 11.5 Å². The number of rotatable bonds is 3. The number of ether oxygens (including phenoxy) is 2. The second-order valence-corrected chi connectivity index (χ2v) is 3.99. The van der Waals surface area contributed by atoms with Crippen molar-refractivity contribution in [2.75, 3.05) is 20.8 Å². The van der Waals surface area contributed by atoms with Crippen molar-refractivity contribution in [2.24, 2.45) is 0 Å². The number of urea groups is 1. The van der Waals surface area contributed by atoms with E-state index in [2.05, 4.69) is 10.6 Å². The molecule has 5 heteroatoms. The molecule has 0 saturated carbocycles. The zero-order valence-electron chi connectivity index (χ0n) is 10.2. The van der Waals surface area contributed by atoms with Gasteiger partial charge in [0, 0.05) is 6.54 Å². The molecule has 0 bridgehead atoms. The Hall–Kier alpha value is -1.91. The van der Waals surface area contributed by atoms with E-state index in [1.165, 1.54) is 0 Å². The lowest BCUT2D eigenvalue weighted by molar-refractivity contribution is 0.247. The Kier molecular flexibility index (Phi) is 3.08. The summed E-state index contributed by atoms with van der Waals surface area (Å²) in [6, 6.07) is 3.58. The van der Waals surface area contributed by atoms with Crippen LogP contribution in [0.5, 0.6) is 11.5 Å². The highest BCUT2D eigenvalue weighted by atomic mass is 16.5. The molecule has 1 fully saturated rings. The second-order valence-electron chi connectivity index (χ2n) is 3.99. The first kappa shape index (κ1) is 11.6. The van der Waals surface area contributed by atoms with E-state index in [-0.39, 0.29) is 12.1 Å². The Labute approximate surface area is 100 Å². The van der Waals surface area contributed by atoms with Crippen molar-refractivity contribution in [1.82, 2.24) is 10.6 Å². The molecule has 1 saturated heterocycles. The third-order valence-electron chi connectivity index (χ3n) is 2.81. The van der Waals surface area contributed by atoms with Gasteiger partial charge in [0.05, 0.1) is 25.8 Å². The molecular weight excluding hydrogens is 220 g/mol. The molecule has 0 unspecified atom stereocenters. The molecule has 2 rings (SSSR count). The van der Waals surface area contributed by atoms with Crippen LogP contribution >= 0.6 is 0 Å². The van der Waals surface area contributed by atoms with Gasteiger partial charge in [-0.05, 0) is 24.6 Å². The smallest absolute Gasteiger partial charge is 0.315 e. The van der Waals surface area contributed by atoms with Gasteiger partial charge >= 0.3 is 6.03 Å². The van der Waals surface area contributed by atoms with E-state index in [0.717, 1.165) is 22.6 Å². The molecule has 0 aromatic heterocycles. The van der Waals surface area contributed by atoms with E-state index in [1.807, 2.05) is 19.1 Å². The highest BCUT2D eigenvalue weighted by Gasteiger charge is 2.27. The molecule has 92 valence electrons. The molecular formula is C12H16N2O3. The first-order valence-electron chi connectivity index (χ1n) is 5.42. The molecule has 2 N–H and O–H groups in total. The summed E-state index contributed by atoms with van der Waals surface area (Å²) >= 11 is 0. The quantitative estimate of drug-likeness (QED) is 0.833. The minimum absolute atomic E-state index is 0.118. The maximum Gasteiger partial charge on any atom is 0.315 e. The van der Waals surface area contributed by atoms with E-state index in [0.29, 0.717) is 6.54 Å². The Morgan fingerprint density at radius 3 is 2.24 bits per heavy atom. The third kappa shape index (κ3) is 2.13.